The van der Waals surface area contributed by atoms with Crippen molar-refractivity contribution in [2.45, 2.75) is 37.9 Å². The number of hydrogen-bond acceptors (Lipinski definition) is 6. The molecule has 0 aliphatic carbocycles. The molecular weight excluding hydrogens is 256 g/mol. The number of furan rings is 1. The Kier molecular flexibility index (Phi) is 3.05. The molecular formula is C14H18N4O2. The number of likely N-dealkylation sites (tertiary alicyclic amines) is 1. The Morgan fingerprint density at radius 3 is 3.15 bits per heavy atom. The summed E-state index contributed by atoms with van der Waals surface area (Å²) in [5.41, 5.74) is 0. The van der Waals surface area contributed by atoms with E-state index in [1.54, 1.807) is 6.26 Å². The van der Waals surface area contributed by atoms with Crippen LogP contribution in [0.15, 0.2) is 27.3 Å². The highest BCUT2D eigenvalue weighted by Crippen LogP contribution is 2.22. The van der Waals surface area contributed by atoms with Gasteiger partial charge in [0.15, 0.2) is 5.76 Å². The lowest BCUT2D eigenvalue weighted by molar-refractivity contribution is 0.216. The van der Waals surface area contributed by atoms with Crippen LogP contribution in [0.1, 0.15) is 25.2 Å². The largest absolute Gasteiger partial charge is 0.461 e. The minimum atomic E-state index is 0.527. The lowest BCUT2D eigenvalue weighted by Crippen LogP contribution is -2.35. The molecule has 0 aromatic carbocycles. The van der Waals surface area contributed by atoms with Crippen molar-refractivity contribution < 1.29 is 8.94 Å². The second-order valence-electron chi connectivity index (χ2n) is 5.65. The molecule has 2 bridgehead atoms. The van der Waals surface area contributed by atoms with Gasteiger partial charge < -0.3 is 14.3 Å². The van der Waals surface area contributed by atoms with Crippen LogP contribution < -0.4 is 5.32 Å². The Labute approximate surface area is 117 Å². The number of nitrogens with zero attached hydrogens (tertiary/aromatic N) is 3. The summed E-state index contributed by atoms with van der Waals surface area (Å²) in [5.74, 6) is 1.84. The van der Waals surface area contributed by atoms with Crippen LogP contribution in [-0.4, -0.2) is 40.2 Å². The average Bonchev–Trinajstić information content (AvgIpc) is 3.13. The van der Waals surface area contributed by atoms with Crippen molar-refractivity contribution in [3.63, 3.8) is 0 Å². The van der Waals surface area contributed by atoms with Crippen LogP contribution in [0.4, 0.5) is 0 Å². The van der Waals surface area contributed by atoms with Crippen molar-refractivity contribution in [2.24, 2.45) is 0 Å². The Morgan fingerprint density at radius 2 is 2.25 bits per heavy atom. The molecule has 6 nitrogen and oxygen atoms in total. The summed E-state index contributed by atoms with van der Waals surface area (Å²) < 4.78 is 10.6. The third-order valence-corrected chi connectivity index (χ3v) is 4.18. The molecule has 0 amide bonds. The fourth-order valence-corrected chi connectivity index (χ4v) is 3.18. The average molecular weight is 274 g/mol. The van der Waals surface area contributed by atoms with Gasteiger partial charge in [-0.3, -0.25) is 4.90 Å². The van der Waals surface area contributed by atoms with Crippen molar-refractivity contribution in [2.75, 3.05) is 13.1 Å². The van der Waals surface area contributed by atoms with E-state index < -0.39 is 0 Å². The third-order valence-electron chi connectivity index (χ3n) is 4.18. The highest BCUT2D eigenvalue weighted by molar-refractivity contribution is 5.44. The van der Waals surface area contributed by atoms with Crippen molar-refractivity contribution >= 4 is 0 Å². The molecule has 106 valence electrons. The van der Waals surface area contributed by atoms with E-state index in [2.05, 4.69) is 20.4 Å². The van der Waals surface area contributed by atoms with Crippen LogP contribution in [-0.2, 0) is 6.54 Å². The molecule has 1 N–H and O–H groups in total. The number of fused-ring (bicyclic) bond motifs is 2. The molecule has 0 radical (unpaired) electrons. The first-order valence-corrected chi connectivity index (χ1v) is 7.22. The van der Waals surface area contributed by atoms with Crippen molar-refractivity contribution in [1.82, 2.24) is 20.4 Å². The molecule has 2 atom stereocenters. The first-order valence-electron chi connectivity index (χ1n) is 7.22. The Bertz CT molecular complexity index is 566. The molecule has 4 heterocycles. The summed E-state index contributed by atoms with van der Waals surface area (Å²) in [6.07, 6.45) is 5.42. The Morgan fingerprint density at radius 1 is 1.30 bits per heavy atom. The van der Waals surface area contributed by atoms with Gasteiger partial charge in [0.1, 0.15) is 0 Å². The molecule has 2 aromatic heterocycles. The molecule has 2 unspecified atom stereocenters. The highest BCUT2D eigenvalue weighted by atomic mass is 16.5. The number of hydrogen-bond donors (Lipinski definition) is 1. The second-order valence-corrected chi connectivity index (χ2v) is 5.65. The van der Waals surface area contributed by atoms with Gasteiger partial charge in [-0.1, -0.05) is 5.16 Å². The summed E-state index contributed by atoms with van der Waals surface area (Å²) in [5, 5.41) is 7.65. The SMILES string of the molecule is c1coc(-c2noc(CN3CCC4CCC(C3)N4)n2)c1. The van der Waals surface area contributed by atoms with Crippen LogP contribution in [0.5, 0.6) is 0 Å². The van der Waals surface area contributed by atoms with Crippen LogP contribution in [0.2, 0.25) is 0 Å². The first kappa shape index (κ1) is 12.1. The van der Waals surface area contributed by atoms with Gasteiger partial charge in [-0.2, -0.15) is 4.98 Å². The molecule has 2 fully saturated rings. The fourth-order valence-electron chi connectivity index (χ4n) is 3.18. The summed E-state index contributed by atoms with van der Waals surface area (Å²) >= 11 is 0. The number of nitrogens with one attached hydrogen (secondary N) is 1. The summed E-state index contributed by atoms with van der Waals surface area (Å²) in [4.78, 5) is 6.80. The maximum atomic E-state index is 5.33. The van der Waals surface area contributed by atoms with E-state index >= 15 is 0 Å². The van der Waals surface area contributed by atoms with Gasteiger partial charge in [-0.05, 0) is 31.4 Å². The van der Waals surface area contributed by atoms with E-state index in [9.17, 15) is 0 Å². The highest BCUT2D eigenvalue weighted by Gasteiger charge is 2.29. The fraction of sp³-hybridized carbons (Fsp3) is 0.571. The predicted octanol–water partition coefficient (Wildman–Crippen LogP) is 1.66. The van der Waals surface area contributed by atoms with Crippen LogP contribution >= 0.6 is 0 Å². The molecule has 2 aliphatic heterocycles. The zero-order valence-corrected chi connectivity index (χ0v) is 11.3. The standard InChI is InChI=1S/C14H18N4O2/c1-2-12(19-7-1)14-16-13(20-17-14)9-18-6-5-10-3-4-11(8-18)15-10/h1-2,7,10-11,15H,3-6,8-9H2. The molecule has 2 saturated heterocycles. The topological polar surface area (TPSA) is 67.3 Å². The van der Waals surface area contributed by atoms with Gasteiger partial charge >= 0.3 is 0 Å². The maximum absolute atomic E-state index is 5.33. The van der Waals surface area contributed by atoms with E-state index in [1.807, 2.05) is 12.1 Å². The number of rotatable bonds is 3. The van der Waals surface area contributed by atoms with Gasteiger partial charge in [-0.15, -0.1) is 0 Å². The smallest absolute Gasteiger partial charge is 0.241 e. The quantitative estimate of drug-likeness (QED) is 0.918. The lowest BCUT2D eigenvalue weighted by atomic mass is 10.1. The van der Waals surface area contributed by atoms with E-state index in [-0.39, 0.29) is 0 Å². The zero-order chi connectivity index (χ0) is 13.4. The molecule has 0 saturated carbocycles. The van der Waals surface area contributed by atoms with Gasteiger partial charge in [-0.25, -0.2) is 0 Å². The molecule has 0 spiro atoms. The summed E-state index contributed by atoms with van der Waals surface area (Å²) in [7, 11) is 0. The predicted molar refractivity (Wildman–Crippen MR) is 71.8 cm³/mol. The number of aromatic nitrogens is 2. The van der Waals surface area contributed by atoms with E-state index in [4.69, 9.17) is 8.94 Å². The second kappa shape index (κ2) is 5.03. The molecule has 4 rings (SSSR count). The van der Waals surface area contributed by atoms with Crippen LogP contribution in [0.25, 0.3) is 11.6 Å². The molecule has 2 aromatic rings. The van der Waals surface area contributed by atoms with Crippen LogP contribution in [0, 0.1) is 0 Å². The van der Waals surface area contributed by atoms with Gasteiger partial charge in [0.05, 0.1) is 12.8 Å². The Balaban J connectivity index is 1.44. The van der Waals surface area contributed by atoms with Gasteiger partial charge in [0.25, 0.3) is 0 Å². The normalized spacial score (nSPS) is 26.8. The van der Waals surface area contributed by atoms with Crippen molar-refractivity contribution in [1.29, 1.82) is 0 Å². The van der Waals surface area contributed by atoms with E-state index in [1.165, 1.54) is 19.3 Å². The molecule has 20 heavy (non-hydrogen) atoms. The van der Waals surface area contributed by atoms with Gasteiger partial charge in [0, 0.05) is 25.2 Å². The maximum Gasteiger partial charge on any atom is 0.241 e. The molecule has 2 aliphatic rings. The third kappa shape index (κ3) is 2.36. The lowest BCUT2D eigenvalue weighted by Gasteiger charge is -2.21. The van der Waals surface area contributed by atoms with Gasteiger partial charge in [0.2, 0.25) is 11.7 Å². The first-order chi connectivity index (χ1) is 9.87. The Hall–Kier alpha value is -1.66. The minimum absolute atomic E-state index is 0.527. The molecule has 6 heteroatoms. The summed E-state index contributed by atoms with van der Waals surface area (Å²) in [6.45, 7) is 2.88. The van der Waals surface area contributed by atoms with E-state index in [0.29, 0.717) is 29.6 Å². The minimum Gasteiger partial charge on any atom is -0.461 e. The monoisotopic (exact) mass is 274 g/mol. The van der Waals surface area contributed by atoms with Crippen molar-refractivity contribution in [3.8, 4) is 11.6 Å². The zero-order valence-electron chi connectivity index (χ0n) is 11.3. The van der Waals surface area contributed by atoms with Crippen LogP contribution in [0.3, 0.4) is 0 Å². The van der Waals surface area contributed by atoms with E-state index in [0.717, 1.165) is 19.6 Å². The summed E-state index contributed by atoms with van der Waals surface area (Å²) in [6, 6.07) is 4.98. The van der Waals surface area contributed by atoms with Crippen molar-refractivity contribution in [3.05, 3.63) is 24.3 Å².